The van der Waals surface area contributed by atoms with E-state index in [2.05, 4.69) is 10.2 Å². The highest BCUT2D eigenvalue weighted by Gasteiger charge is 2.30. The average molecular weight is 268 g/mol. The van der Waals surface area contributed by atoms with Crippen molar-refractivity contribution in [2.45, 2.75) is 56.8 Å². The summed E-state index contributed by atoms with van der Waals surface area (Å²) in [5.41, 5.74) is 0. The zero-order valence-electron chi connectivity index (χ0n) is 11.9. The van der Waals surface area contributed by atoms with Gasteiger partial charge < -0.3 is 20.1 Å². The fourth-order valence-electron chi connectivity index (χ4n) is 3.65. The summed E-state index contributed by atoms with van der Waals surface area (Å²) >= 11 is 0. The van der Waals surface area contributed by atoms with E-state index >= 15 is 0 Å². The van der Waals surface area contributed by atoms with Gasteiger partial charge in [0.05, 0.1) is 18.3 Å². The van der Waals surface area contributed by atoms with Crippen molar-refractivity contribution < 1.29 is 9.84 Å². The number of aliphatic hydroxyl groups is 1. The van der Waals surface area contributed by atoms with E-state index in [4.69, 9.17) is 4.74 Å². The third-order valence-corrected chi connectivity index (χ3v) is 4.93. The molecule has 2 heterocycles. The summed E-state index contributed by atoms with van der Waals surface area (Å²) in [4.78, 5) is 2.57. The second-order valence-electron chi connectivity index (χ2n) is 6.58. The number of nitrogens with one attached hydrogen (secondary N) is 1. The Bertz CT molecular complexity index is 267. The molecular formula is C15H28N2O2. The zero-order chi connectivity index (χ0) is 13.1. The summed E-state index contributed by atoms with van der Waals surface area (Å²) in [5, 5.41) is 12.7. The molecule has 2 aliphatic heterocycles. The van der Waals surface area contributed by atoms with E-state index in [1.54, 1.807) is 0 Å². The third kappa shape index (κ3) is 3.91. The van der Waals surface area contributed by atoms with Crippen molar-refractivity contribution in [3.8, 4) is 0 Å². The number of likely N-dealkylation sites (tertiary alicyclic amines) is 1. The molecule has 0 spiro atoms. The molecule has 19 heavy (non-hydrogen) atoms. The summed E-state index contributed by atoms with van der Waals surface area (Å²) in [6.07, 6.45) is 7.77. The molecule has 0 aromatic heterocycles. The smallest absolute Gasteiger partial charge is 0.0603 e. The molecule has 0 aromatic rings. The number of hydrogen-bond donors (Lipinski definition) is 2. The van der Waals surface area contributed by atoms with Gasteiger partial charge in [0.1, 0.15) is 0 Å². The van der Waals surface area contributed by atoms with Crippen molar-refractivity contribution in [2.24, 2.45) is 5.92 Å². The Kier molecular flexibility index (Phi) is 4.74. The molecule has 1 saturated carbocycles. The first-order chi connectivity index (χ1) is 9.29. The van der Waals surface area contributed by atoms with E-state index in [1.807, 2.05) is 0 Å². The van der Waals surface area contributed by atoms with Gasteiger partial charge in [0.15, 0.2) is 0 Å². The average Bonchev–Trinajstić information content (AvgIpc) is 2.40. The van der Waals surface area contributed by atoms with Crippen molar-refractivity contribution in [3.63, 3.8) is 0 Å². The van der Waals surface area contributed by atoms with E-state index < -0.39 is 0 Å². The first-order valence-electron chi connectivity index (χ1n) is 8.06. The predicted octanol–water partition coefficient (Wildman–Crippen LogP) is 0.990. The Morgan fingerprint density at radius 2 is 1.63 bits per heavy atom. The van der Waals surface area contributed by atoms with Crippen LogP contribution in [-0.2, 0) is 4.74 Å². The maximum atomic E-state index is 9.33. The van der Waals surface area contributed by atoms with Crippen LogP contribution in [0, 0.1) is 5.92 Å². The van der Waals surface area contributed by atoms with Crippen LogP contribution in [0.15, 0.2) is 0 Å². The van der Waals surface area contributed by atoms with Gasteiger partial charge in [-0.3, -0.25) is 0 Å². The number of ether oxygens (including phenoxy) is 1. The van der Waals surface area contributed by atoms with Crippen molar-refractivity contribution in [3.05, 3.63) is 0 Å². The molecule has 4 nitrogen and oxygen atoms in total. The number of rotatable bonds is 4. The Balaban J connectivity index is 1.32. The van der Waals surface area contributed by atoms with Gasteiger partial charge in [-0.15, -0.1) is 0 Å². The maximum absolute atomic E-state index is 9.33. The SMILES string of the molecule is O[C@H]1C[C@H](CN2CCC(OC3CCNCC3)CC2)C1. The van der Waals surface area contributed by atoms with Gasteiger partial charge in [-0.25, -0.2) is 0 Å². The van der Waals surface area contributed by atoms with E-state index in [-0.39, 0.29) is 6.10 Å². The first-order valence-corrected chi connectivity index (χ1v) is 8.06. The quantitative estimate of drug-likeness (QED) is 0.798. The van der Waals surface area contributed by atoms with E-state index in [9.17, 15) is 5.11 Å². The summed E-state index contributed by atoms with van der Waals surface area (Å²) in [7, 11) is 0. The van der Waals surface area contributed by atoms with E-state index in [0.717, 1.165) is 31.8 Å². The van der Waals surface area contributed by atoms with Crippen molar-refractivity contribution in [1.82, 2.24) is 10.2 Å². The number of aliphatic hydroxyl groups excluding tert-OH is 1. The minimum absolute atomic E-state index is 0.00853. The van der Waals surface area contributed by atoms with Crippen molar-refractivity contribution in [1.29, 1.82) is 0 Å². The molecule has 3 fully saturated rings. The number of nitrogens with zero attached hydrogens (tertiary/aromatic N) is 1. The van der Waals surface area contributed by atoms with Gasteiger partial charge in [-0.05, 0) is 57.5 Å². The molecule has 110 valence electrons. The summed E-state index contributed by atoms with van der Waals surface area (Å²) < 4.78 is 6.24. The first kappa shape index (κ1) is 13.8. The monoisotopic (exact) mass is 268 g/mol. The van der Waals surface area contributed by atoms with Crippen LogP contribution in [0.5, 0.6) is 0 Å². The van der Waals surface area contributed by atoms with Crippen LogP contribution in [0.4, 0.5) is 0 Å². The second-order valence-corrected chi connectivity index (χ2v) is 6.58. The van der Waals surface area contributed by atoms with Gasteiger partial charge >= 0.3 is 0 Å². The Labute approximate surface area is 116 Å². The molecule has 4 heteroatoms. The lowest BCUT2D eigenvalue weighted by Crippen LogP contribution is -2.44. The fourth-order valence-corrected chi connectivity index (χ4v) is 3.65. The van der Waals surface area contributed by atoms with Gasteiger partial charge in [0, 0.05) is 19.6 Å². The van der Waals surface area contributed by atoms with Crippen LogP contribution in [0.2, 0.25) is 0 Å². The predicted molar refractivity (Wildman–Crippen MR) is 75.2 cm³/mol. The molecule has 0 atom stereocenters. The minimum atomic E-state index is -0.00853. The topological polar surface area (TPSA) is 44.7 Å². The largest absolute Gasteiger partial charge is 0.393 e. The van der Waals surface area contributed by atoms with Gasteiger partial charge in [-0.2, -0.15) is 0 Å². The lowest BCUT2D eigenvalue weighted by atomic mass is 9.82. The van der Waals surface area contributed by atoms with Crippen LogP contribution < -0.4 is 5.32 Å². The molecule has 0 radical (unpaired) electrons. The zero-order valence-corrected chi connectivity index (χ0v) is 11.9. The minimum Gasteiger partial charge on any atom is -0.393 e. The number of hydrogen-bond acceptors (Lipinski definition) is 4. The van der Waals surface area contributed by atoms with Crippen molar-refractivity contribution >= 4 is 0 Å². The van der Waals surface area contributed by atoms with Crippen molar-refractivity contribution in [2.75, 3.05) is 32.7 Å². The molecule has 1 aliphatic carbocycles. The Hall–Kier alpha value is -0.160. The van der Waals surface area contributed by atoms with Gasteiger partial charge in [-0.1, -0.05) is 0 Å². The standard InChI is InChI=1S/C15H28N2O2/c18-13-9-12(10-13)11-17-7-3-15(4-8-17)19-14-1-5-16-6-2-14/h12-16,18H,1-11H2/t12-,13-. The highest BCUT2D eigenvalue weighted by atomic mass is 16.5. The summed E-state index contributed by atoms with van der Waals surface area (Å²) in [6.45, 7) is 5.79. The van der Waals surface area contributed by atoms with Crippen LogP contribution in [0.3, 0.4) is 0 Å². The molecule has 3 rings (SSSR count). The fraction of sp³-hybridized carbons (Fsp3) is 1.00. The van der Waals surface area contributed by atoms with Crippen LogP contribution in [0.1, 0.15) is 38.5 Å². The lowest BCUT2D eigenvalue weighted by Gasteiger charge is -2.39. The van der Waals surface area contributed by atoms with Gasteiger partial charge in [0.2, 0.25) is 0 Å². The molecule has 3 aliphatic rings. The van der Waals surface area contributed by atoms with Crippen LogP contribution >= 0.6 is 0 Å². The van der Waals surface area contributed by atoms with E-state index in [1.165, 1.54) is 45.3 Å². The summed E-state index contributed by atoms with van der Waals surface area (Å²) in [5.74, 6) is 0.747. The molecule has 2 N–H and O–H groups in total. The highest BCUT2D eigenvalue weighted by Crippen LogP contribution is 2.29. The molecule has 0 amide bonds. The lowest BCUT2D eigenvalue weighted by molar-refractivity contribution is -0.0586. The Morgan fingerprint density at radius 1 is 1.00 bits per heavy atom. The normalized spacial score (nSPS) is 35.2. The molecule has 0 bridgehead atoms. The third-order valence-electron chi connectivity index (χ3n) is 4.93. The number of piperidine rings is 2. The summed E-state index contributed by atoms with van der Waals surface area (Å²) in [6, 6.07) is 0. The van der Waals surface area contributed by atoms with Gasteiger partial charge in [0.25, 0.3) is 0 Å². The second kappa shape index (κ2) is 6.53. The molecule has 2 saturated heterocycles. The molecule has 0 aromatic carbocycles. The van der Waals surface area contributed by atoms with Crippen LogP contribution in [0.25, 0.3) is 0 Å². The molecular weight excluding hydrogens is 240 g/mol. The van der Waals surface area contributed by atoms with E-state index in [0.29, 0.717) is 12.2 Å². The highest BCUT2D eigenvalue weighted by molar-refractivity contribution is 4.83. The van der Waals surface area contributed by atoms with Crippen LogP contribution in [-0.4, -0.2) is 61.0 Å². The molecule has 0 unspecified atom stereocenters. The Morgan fingerprint density at radius 3 is 2.26 bits per heavy atom. The maximum Gasteiger partial charge on any atom is 0.0603 e.